The number of carbonyl (C=O) groups is 2. The van der Waals surface area contributed by atoms with Gasteiger partial charge in [0, 0.05) is 16.8 Å². The van der Waals surface area contributed by atoms with Gasteiger partial charge in [0.15, 0.2) is 6.10 Å². The molecule has 0 aliphatic carbocycles. The van der Waals surface area contributed by atoms with Crippen molar-refractivity contribution in [3.8, 4) is 0 Å². The topological polar surface area (TPSA) is 55.4 Å². The van der Waals surface area contributed by atoms with E-state index in [1.165, 1.54) is 13.0 Å². The quantitative estimate of drug-likeness (QED) is 0.674. The van der Waals surface area contributed by atoms with Crippen LogP contribution in [0.2, 0.25) is 5.02 Å². The lowest BCUT2D eigenvalue weighted by Gasteiger charge is -2.12. The van der Waals surface area contributed by atoms with Crippen molar-refractivity contribution in [3.05, 3.63) is 41.4 Å². The SMILES string of the molecule is C/C=C/C(=O)O[C@@H](C)C(=O)Nc1cccc(Cl)c1. The molecule has 0 aliphatic heterocycles. The summed E-state index contributed by atoms with van der Waals surface area (Å²) in [6.45, 7) is 3.19. The van der Waals surface area contributed by atoms with E-state index in [2.05, 4.69) is 5.32 Å². The molecule has 4 nitrogen and oxygen atoms in total. The highest BCUT2D eigenvalue weighted by Crippen LogP contribution is 2.15. The molecule has 1 rings (SSSR count). The van der Waals surface area contributed by atoms with E-state index in [9.17, 15) is 9.59 Å². The molecule has 0 saturated heterocycles. The molecule has 0 saturated carbocycles. The van der Waals surface area contributed by atoms with E-state index in [4.69, 9.17) is 16.3 Å². The Labute approximate surface area is 111 Å². The third kappa shape index (κ3) is 4.59. The molecule has 1 atom stereocenters. The van der Waals surface area contributed by atoms with Crippen molar-refractivity contribution in [1.82, 2.24) is 0 Å². The first-order valence-corrected chi connectivity index (χ1v) is 5.80. The predicted octanol–water partition coefficient (Wildman–Crippen LogP) is 2.79. The van der Waals surface area contributed by atoms with Gasteiger partial charge in [-0.05, 0) is 32.0 Å². The number of anilines is 1. The summed E-state index contributed by atoms with van der Waals surface area (Å²) in [7, 11) is 0. The summed E-state index contributed by atoms with van der Waals surface area (Å²) in [4.78, 5) is 22.9. The van der Waals surface area contributed by atoms with Gasteiger partial charge in [0.1, 0.15) is 0 Å². The first-order valence-electron chi connectivity index (χ1n) is 5.42. The van der Waals surface area contributed by atoms with Gasteiger partial charge in [-0.15, -0.1) is 0 Å². The first kappa shape index (κ1) is 14.3. The minimum Gasteiger partial charge on any atom is -0.449 e. The number of carbonyl (C=O) groups excluding carboxylic acids is 2. The van der Waals surface area contributed by atoms with Crippen LogP contribution in [-0.2, 0) is 14.3 Å². The Kier molecular flexibility index (Phi) is 5.39. The molecule has 18 heavy (non-hydrogen) atoms. The standard InChI is InChI=1S/C13H14ClNO3/c1-3-5-12(16)18-9(2)13(17)15-11-7-4-6-10(14)8-11/h3-9H,1-2H3,(H,15,17)/b5-3+/t9-/m0/s1. The van der Waals surface area contributed by atoms with E-state index in [1.54, 1.807) is 37.3 Å². The van der Waals surface area contributed by atoms with Crippen molar-refractivity contribution in [2.75, 3.05) is 5.32 Å². The zero-order valence-corrected chi connectivity index (χ0v) is 10.9. The van der Waals surface area contributed by atoms with Crippen LogP contribution in [0, 0.1) is 0 Å². The fourth-order valence-corrected chi connectivity index (χ4v) is 1.40. The van der Waals surface area contributed by atoms with Gasteiger partial charge in [-0.3, -0.25) is 4.79 Å². The van der Waals surface area contributed by atoms with Crippen LogP contribution < -0.4 is 5.32 Å². The molecule has 0 radical (unpaired) electrons. The van der Waals surface area contributed by atoms with Crippen molar-refractivity contribution in [1.29, 1.82) is 0 Å². The van der Waals surface area contributed by atoms with Gasteiger partial charge in [-0.25, -0.2) is 4.79 Å². The van der Waals surface area contributed by atoms with Crippen LogP contribution >= 0.6 is 11.6 Å². The second-order valence-corrected chi connectivity index (χ2v) is 4.02. The van der Waals surface area contributed by atoms with Gasteiger partial charge in [-0.1, -0.05) is 23.7 Å². The molecular formula is C13H14ClNO3. The molecule has 5 heteroatoms. The third-order valence-electron chi connectivity index (χ3n) is 2.06. The Balaban J connectivity index is 2.57. The van der Waals surface area contributed by atoms with Crippen LogP contribution in [-0.4, -0.2) is 18.0 Å². The summed E-state index contributed by atoms with van der Waals surface area (Å²) < 4.78 is 4.88. The van der Waals surface area contributed by atoms with Gasteiger partial charge in [-0.2, -0.15) is 0 Å². The second-order valence-electron chi connectivity index (χ2n) is 3.58. The molecule has 0 aliphatic rings. The molecule has 1 aromatic carbocycles. The molecule has 0 fully saturated rings. The normalized spacial score (nSPS) is 12.2. The molecule has 1 aromatic rings. The molecule has 0 unspecified atom stereocenters. The van der Waals surface area contributed by atoms with E-state index in [0.717, 1.165) is 0 Å². The average molecular weight is 268 g/mol. The molecule has 0 bridgehead atoms. The molecule has 0 aromatic heterocycles. The van der Waals surface area contributed by atoms with E-state index >= 15 is 0 Å². The van der Waals surface area contributed by atoms with Crippen LogP contribution in [0.5, 0.6) is 0 Å². The van der Waals surface area contributed by atoms with Gasteiger partial charge in [0.2, 0.25) is 0 Å². The van der Waals surface area contributed by atoms with Crippen LogP contribution in [0.1, 0.15) is 13.8 Å². The lowest BCUT2D eigenvalue weighted by atomic mass is 10.3. The Morgan fingerprint density at radius 3 is 2.78 bits per heavy atom. The minimum atomic E-state index is -0.868. The number of amides is 1. The van der Waals surface area contributed by atoms with Crippen molar-refractivity contribution in [2.24, 2.45) is 0 Å². The number of ether oxygens (including phenoxy) is 1. The summed E-state index contributed by atoms with van der Waals surface area (Å²) in [6, 6.07) is 6.73. The largest absolute Gasteiger partial charge is 0.449 e. The van der Waals surface area contributed by atoms with Crippen LogP contribution in [0.4, 0.5) is 5.69 Å². The summed E-state index contributed by atoms with van der Waals surface area (Å²) in [5.74, 6) is -0.957. The zero-order valence-electron chi connectivity index (χ0n) is 10.1. The highest BCUT2D eigenvalue weighted by atomic mass is 35.5. The number of hydrogen-bond acceptors (Lipinski definition) is 3. The Hall–Kier alpha value is -1.81. The summed E-state index contributed by atoms with van der Waals surface area (Å²) in [6.07, 6.45) is 1.93. The molecular weight excluding hydrogens is 254 g/mol. The van der Waals surface area contributed by atoms with Gasteiger partial charge in [0.05, 0.1) is 0 Å². The molecule has 0 heterocycles. The van der Waals surface area contributed by atoms with E-state index in [0.29, 0.717) is 10.7 Å². The van der Waals surface area contributed by atoms with Crippen molar-refractivity contribution >= 4 is 29.2 Å². The monoisotopic (exact) mass is 267 g/mol. The first-order chi connectivity index (χ1) is 8.52. The Morgan fingerprint density at radius 2 is 2.17 bits per heavy atom. The fraction of sp³-hybridized carbons (Fsp3) is 0.231. The molecule has 0 spiro atoms. The van der Waals surface area contributed by atoms with Crippen LogP contribution in [0.3, 0.4) is 0 Å². The van der Waals surface area contributed by atoms with E-state index in [-0.39, 0.29) is 0 Å². The number of nitrogens with one attached hydrogen (secondary N) is 1. The molecule has 1 N–H and O–H groups in total. The third-order valence-corrected chi connectivity index (χ3v) is 2.29. The Morgan fingerprint density at radius 1 is 1.44 bits per heavy atom. The number of halogens is 1. The van der Waals surface area contributed by atoms with Crippen molar-refractivity contribution in [3.63, 3.8) is 0 Å². The Bertz CT molecular complexity index is 471. The van der Waals surface area contributed by atoms with Crippen molar-refractivity contribution < 1.29 is 14.3 Å². The number of benzene rings is 1. The van der Waals surface area contributed by atoms with E-state index < -0.39 is 18.0 Å². The molecule has 96 valence electrons. The van der Waals surface area contributed by atoms with Gasteiger partial charge < -0.3 is 10.1 Å². The van der Waals surface area contributed by atoms with Gasteiger partial charge >= 0.3 is 5.97 Å². The lowest BCUT2D eigenvalue weighted by molar-refractivity contribution is -0.148. The second kappa shape index (κ2) is 6.81. The fourth-order valence-electron chi connectivity index (χ4n) is 1.21. The predicted molar refractivity (Wildman–Crippen MR) is 70.4 cm³/mol. The van der Waals surface area contributed by atoms with E-state index in [1.807, 2.05) is 0 Å². The summed E-state index contributed by atoms with van der Waals surface area (Å²) in [5.41, 5.74) is 0.557. The maximum atomic E-state index is 11.7. The van der Waals surface area contributed by atoms with Crippen LogP contribution in [0.25, 0.3) is 0 Å². The smallest absolute Gasteiger partial charge is 0.331 e. The van der Waals surface area contributed by atoms with Crippen LogP contribution in [0.15, 0.2) is 36.4 Å². The number of allylic oxidation sites excluding steroid dienone is 1. The average Bonchev–Trinajstić information content (AvgIpc) is 2.29. The minimum absolute atomic E-state index is 0.407. The highest BCUT2D eigenvalue weighted by Gasteiger charge is 2.16. The lowest BCUT2D eigenvalue weighted by Crippen LogP contribution is -2.29. The van der Waals surface area contributed by atoms with Gasteiger partial charge in [0.25, 0.3) is 5.91 Å². The van der Waals surface area contributed by atoms with Crippen molar-refractivity contribution in [2.45, 2.75) is 20.0 Å². The maximum absolute atomic E-state index is 11.7. The maximum Gasteiger partial charge on any atom is 0.331 e. The summed E-state index contributed by atoms with van der Waals surface area (Å²) in [5, 5.41) is 3.13. The number of rotatable bonds is 4. The highest BCUT2D eigenvalue weighted by molar-refractivity contribution is 6.30. The zero-order chi connectivity index (χ0) is 13.5. The summed E-state index contributed by atoms with van der Waals surface area (Å²) >= 11 is 5.79. The number of hydrogen-bond donors (Lipinski definition) is 1. The molecule has 1 amide bonds. The number of esters is 1.